The molecule has 0 aliphatic carbocycles. The first-order valence-corrected chi connectivity index (χ1v) is 7.55. The third-order valence-corrected chi connectivity index (χ3v) is 3.26. The van der Waals surface area contributed by atoms with Gasteiger partial charge in [-0.25, -0.2) is 0 Å². The summed E-state index contributed by atoms with van der Waals surface area (Å²) in [5.74, 6) is 0. The topological polar surface area (TPSA) is 21.3 Å². The van der Waals surface area contributed by atoms with E-state index in [2.05, 4.69) is 39.1 Å². The number of rotatable bonds is 8. The summed E-state index contributed by atoms with van der Waals surface area (Å²) in [5.41, 5.74) is 1.14. The Bertz CT molecular complexity index is 368. The molecule has 2 atom stereocenters. The van der Waals surface area contributed by atoms with Gasteiger partial charge < -0.3 is 10.1 Å². The van der Waals surface area contributed by atoms with Crippen molar-refractivity contribution in [3.63, 3.8) is 0 Å². The monoisotopic (exact) mass is 283 g/mol. The van der Waals surface area contributed by atoms with E-state index >= 15 is 0 Å². The molecular weight excluding hydrogens is 258 g/mol. The summed E-state index contributed by atoms with van der Waals surface area (Å²) in [6.45, 7) is 9.41. The molecule has 19 heavy (non-hydrogen) atoms. The van der Waals surface area contributed by atoms with Crippen molar-refractivity contribution in [3.05, 3.63) is 34.9 Å². The van der Waals surface area contributed by atoms with Crippen LogP contribution in [0.1, 0.15) is 52.2 Å². The van der Waals surface area contributed by atoms with Crippen LogP contribution < -0.4 is 5.32 Å². The second-order valence-corrected chi connectivity index (χ2v) is 5.78. The zero-order valence-corrected chi connectivity index (χ0v) is 13.2. The van der Waals surface area contributed by atoms with E-state index in [0.717, 1.165) is 30.0 Å². The van der Waals surface area contributed by atoms with Crippen LogP contribution in [0.5, 0.6) is 0 Å². The molecule has 2 unspecified atom stereocenters. The van der Waals surface area contributed by atoms with Crippen LogP contribution in [-0.4, -0.2) is 18.7 Å². The number of benzene rings is 1. The fourth-order valence-corrected chi connectivity index (χ4v) is 2.25. The highest BCUT2D eigenvalue weighted by Crippen LogP contribution is 2.23. The third kappa shape index (κ3) is 6.42. The van der Waals surface area contributed by atoms with Crippen LogP contribution >= 0.6 is 11.6 Å². The van der Waals surface area contributed by atoms with E-state index in [1.54, 1.807) is 0 Å². The Kier molecular flexibility index (Phi) is 7.44. The molecule has 1 N–H and O–H groups in total. The standard InChI is InChI=1S/C16H26ClNO/c1-5-7-13(4)19-16(11-18-12(2)3)14-8-6-9-15(17)10-14/h6,8-10,12-13,16,18H,5,7,11H2,1-4H3. The van der Waals surface area contributed by atoms with Crippen LogP contribution in [0.15, 0.2) is 24.3 Å². The molecule has 0 amide bonds. The predicted molar refractivity (Wildman–Crippen MR) is 82.8 cm³/mol. The molecule has 0 radical (unpaired) electrons. The van der Waals surface area contributed by atoms with Gasteiger partial charge in [-0.1, -0.05) is 50.9 Å². The normalized spacial score (nSPS) is 14.6. The van der Waals surface area contributed by atoms with Crippen LogP contribution in [0.2, 0.25) is 5.02 Å². The van der Waals surface area contributed by atoms with Crippen molar-refractivity contribution in [1.29, 1.82) is 0 Å². The Labute approximate surface area is 122 Å². The molecule has 1 aromatic carbocycles. The Morgan fingerprint density at radius 3 is 2.58 bits per heavy atom. The minimum atomic E-state index is 0.0580. The molecule has 0 saturated carbocycles. The smallest absolute Gasteiger partial charge is 0.0953 e. The second kappa shape index (κ2) is 8.57. The Morgan fingerprint density at radius 1 is 1.26 bits per heavy atom. The van der Waals surface area contributed by atoms with Gasteiger partial charge in [0.15, 0.2) is 0 Å². The van der Waals surface area contributed by atoms with Gasteiger partial charge >= 0.3 is 0 Å². The van der Waals surface area contributed by atoms with Crippen molar-refractivity contribution in [1.82, 2.24) is 5.32 Å². The van der Waals surface area contributed by atoms with Crippen molar-refractivity contribution in [2.45, 2.75) is 58.8 Å². The van der Waals surface area contributed by atoms with Crippen molar-refractivity contribution in [2.24, 2.45) is 0 Å². The molecule has 0 aliphatic heterocycles. The average Bonchev–Trinajstić information content (AvgIpc) is 2.34. The molecule has 0 fully saturated rings. The van der Waals surface area contributed by atoms with Crippen molar-refractivity contribution < 1.29 is 4.74 Å². The third-order valence-electron chi connectivity index (χ3n) is 3.02. The molecule has 0 bridgehead atoms. The van der Waals surface area contributed by atoms with E-state index < -0.39 is 0 Å². The molecular formula is C16H26ClNO. The lowest BCUT2D eigenvalue weighted by molar-refractivity contribution is -0.00806. The molecule has 1 aromatic rings. The van der Waals surface area contributed by atoms with Crippen LogP contribution in [-0.2, 0) is 4.74 Å². The van der Waals surface area contributed by atoms with Gasteiger partial charge in [0, 0.05) is 17.6 Å². The molecule has 0 aromatic heterocycles. The summed E-state index contributed by atoms with van der Waals surface area (Å²) in [4.78, 5) is 0. The van der Waals surface area contributed by atoms with Gasteiger partial charge in [0.1, 0.15) is 0 Å². The Balaban J connectivity index is 2.73. The van der Waals surface area contributed by atoms with Gasteiger partial charge in [0.25, 0.3) is 0 Å². The predicted octanol–water partition coefficient (Wildman–Crippen LogP) is 4.58. The molecule has 0 saturated heterocycles. The van der Waals surface area contributed by atoms with E-state index in [1.165, 1.54) is 0 Å². The molecule has 2 nitrogen and oxygen atoms in total. The minimum absolute atomic E-state index is 0.0580. The highest BCUT2D eigenvalue weighted by atomic mass is 35.5. The van der Waals surface area contributed by atoms with Gasteiger partial charge in [0.2, 0.25) is 0 Å². The van der Waals surface area contributed by atoms with E-state index in [1.807, 2.05) is 18.2 Å². The van der Waals surface area contributed by atoms with Crippen LogP contribution in [0, 0.1) is 0 Å². The lowest BCUT2D eigenvalue weighted by Gasteiger charge is -2.24. The van der Waals surface area contributed by atoms with E-state index in [0.29, 0.717) is 6.04 Å². The molecule has 0 heterocycles. The largest absolute Gasteiger partial charge is 0.369 e. The zero-order chi connectivity index (χ0) is 14.3. The summed E-state index contributed by atoms with van der Waals surface area (Å²) in [5, 5.41) is 4.21. The lowest BCUT2D eigenvalue weighted by Crippen LogP contribution is -2.30. The summed E-state index contributed by atoms with van der Waals surface area (Å²) in [6.07, 6.45) is 2.55. The summed E-state index contributed by atoms with van der Waals surface area (Å²) < 4.78 is 6.16. The second-order valence-electron chi connectivity index (χ2n) is 5.34. The maximum atomic E-state index is 6.16. The first-order chi connectivity index (χ1) is 9.02. The molecule has 108 valence electrons. The summed E-state index contributed by atoms with van der Waals surface area (Å²) >= 11 is 6.07. The molecule has 0 spiro atoms. The summed E-state index contributed by atoms with van der Waals surface area (Å²) in [7, 11) is 0. The van der Waals surface area contributed by atoms with E-state index in [-0.39, 0.29) is 12.2 Å². The van der Waals surface area contributed by atoms with Crippen LogP contribution in [0.4, 0.5) is 0 Å². The number of ether oxygens (including phenoxy) is 1. The van der Waals surface area contributed by atoms with Crippen molar-refractivity contribution in [3.8, 4) is 0 Å². The molecule has 3 heteroatoms. The average molecular weight is 284 g/mol. The lowest BCUT2D eigenvalue weighted by atomic mass is 10.1. The first-order valence-electron chi connectivity index (χ1n) is 7.17. The van der Waals surface area contributed by atoms with Crippen molar-refractivity contribution in [2.75, 3.05) is 6.54 Å². The maximum absolute atomic E-state index is 6.16. The van der Waals surface area contributed by atoms with Gasteiger partial charge in [-0.15, -0.1) is 0 Å². The van der Waals surface area contributed by atoms with Gasteiger partial charge in [-0.05, 0) is 31.0 Å². The fraction of sp³-hybridized carbons (Fsp3) is 0.625. The first kappa shape index (κ1) is 16.5. The Morgan fingerprint density at radius 2 is 2.00 bits per heavy atom. The number of nitrogens with one attached hydrogen (secondary N) is 1. The number of hydrogen-bond acceptors (Lipinski definition) is 2. The SMILES string of the molecule is CCCC(C)OC(CNC(C)C)c1cccc(Cl)c1. The van der Waals surface area contributed by atoms with Crippen LogP contribution in [0.25, 0.3) is 0 Å². The summed E-state index contributed by atoms with van der Waals surface area (Å²) in [6, 6.07) is 8.40. The highest BCUT2D eigenvalue weighted by Gasteiger charge is 2.16. The zero-order valence-electron chi connectivity index (χ0n) is 12.4. The quantitative estimate of drug-likeness (QED) is 0.754. The molecule has 1 rings (SSSR count). The Hall–Kier alpha value is -0.570. The van der Waals surface area contributed by atoms with Gasteiger partial charge in [-0.2, -0.15) is 0 Å². The fourth-order valence-electron chi connectivity index (χ4n) is 2.05. The number of halogens is 1. The minimum Gasteiger partial charge on any atom is -0.369 e. The van der Waals surface area contributed by atoms with Gasteiger partial charge in [0.05, 0.1) is 12.2 Å². The highest BCUT2D eigenvalue weighted by molar-refractivity contribution is 6.30. The van der Waals surface area contributed by atoms with Crippen LogP contribution in [0.3, 0.4) is 0 Å². The van der Waals surface area contributed by atoms with Gasteiger partial charge in [-0.3, -0.25) is 0 Å². The number of hydrogen-bond donors (Lipinski definition) is 1. The van der Waals surface area contributed by atoms with Crippen molar-refractivity contribution >= 4 is 11.6 Å². The van der Waals surface area contributed by atoms with E-state index in [4.69, 9.17) is 16.3 Å². The van der Waals surface area contributed by atoms with E-state index in [9.17, 15) is 0 Å². The maximum Gasteiger partial charge on any atom is 0.0953 e. The molecule has 0 aliphatic rings.